The third-order valence-electron chi connectivity index (χ3n) is 4.14. The number of ether oxygens (including phenoxy) is 2. The van der Waals surface area contributed by atoms with Gasteiger partial charge in [0.1, 0.15) is 12.3 Å². The van der Waals surface area contributed by atoms with Crippen molar-refractivity contribution in [3.05, 3.63) is 36.4 Å². The first kappa shape index (κ1) is 17.6. The minimum absolute atomic E-state index is 0.0416. The van der Waals surface area contributed by atoms with Crippen LogP contribution < -0.4 is 0 Å². The molecular formula is C18H23N3O4. The lowest BCUT2D eigenvalue weighted by molar-refractivity contribution is -0.137. The number of likely N-dealkylation sites (N-methyl/N-ethyl adjacent to an activating group) is 1. The molecule has 3 heterocycles. The molecule has 7 nitrogen and oxygen atoms in total. The van der Waals surface area contributed by atoms with E-state index in [1.54, 1.807) is 24.3 Å². The second-order valence-corrected chi connectivity index (χ2v) is 6.17. The van der Waals surface area contributed by atoms with Crippen LogP contribution in [0.2, 0.25) is 0 Å². The van der Waals surface area contributed by atoms with E-state index in [9.17, 15) is 4.79 Å². The highest BCUT2D eigenvalue weighted by Crippen LogP contribution is 2.18. The Morgan fingerprint density at radius 3 is 3.12 bits per heavy atom. The minimum atomic E-state index is -0.102. The van der Waals surface area contributed by atoms with Gasteiger partial charge >= 0.3 is 0 Å². The van der Waals surface area contributed by atoms with Gasteiger partial charge in [0, 0.05) is 37.7 Å². The first-order valence-electron chi connectivity index (χ1n) is 8.51. The Balaban J connectivity index is 1.44. The maximum absolute atomic E-state index is 12.2. The summed E-state index contributed by atoms with van der Waals surface area (Å²) in [5, 5.41) is 4.02. The van der Waals surface area contributed by atoms with Gasteiger partial charge in [-0.25, -0.2) is 0 Å². The number of carbonyl (C=O) groups excluding carboxylic acids is 1. The normalized spacial score (nSPS) is 17.4. The lowest BCUT2D eigenvalue weighted by Gasteiger charge is -2.22. The number of pyridine rings is 1. The zero-order valence-electron chi connectivity index (χ0n) is 14.4. The van der Waals surface area contributed by atoms with Crippen LogP contribution in [0.1, 0.15) is 25.0 Å². The molecule has 0 N–H and O–H groups in total. The number of carbonyl (C=O) groups is 1. The molecule has 0 saturated carbocycles. The summed E-state index contributed by atoms with van der Waals surface area (Å²) in [5.41, 5.74) is 1.58. The largest absolute Gasteiger partial charge is 0.376 e. The number of rotatable bonds is 7. The molecule has 0 radical (unpaired) electrons. The van der Waals surface area contributed by atoms with Crippen molar-refractivity contribution in [2.24, 2.45) is 0 Å². The fraction of sp³-hybridized carbons (Fsp3) is 0.500. The van der Waals surface area contributed by atoms with Gasteiger partial charge in [-0.05, 0) is 31.4 Å². The van der Waals surface area contributed by atoms with Crippen molar-refractivity contribution in [3.63, 3.8) is 0 Å². The standard InChI is InChI=1S/C18H23N3O4/c1-21(18(22)13-23-12-15-6-2-3-8-24-15)11-16-9-17(20-25-16)14-5-4-7-19-10-14/h4-5,7,9-10,15H,2-3,6,8,11-13H2,1H3. The van der Waals surface area contributed by atoms with Gasteiger partial charge in [-0.2, -0.15) is 0 Å². The Labute approximate surface area is 146 Å². The van der Waals surface area contributed by atoms with Crippen molar-refractivity contribution in [1.29, 1.82) is 0 Å². The summed E-state index contributed by atoms with van der Waals surface area (Å²) >= 11 is 0. The van der Waals surface area contributed by atoms with Gasteiger partial charge in [0.2, 0.25) is 5.91 Å². The van der Waals surface area contributed by atoms with Gasteiger partial charge in [0.25, 0.3) is 0 Å². The van der Waals surface area contributed by atoms with E-state index in [2.05, 4.69) is 10.1 Å². The molecule has 0 aromatic carbocycles. The third kappa shape index (κ3) is 5.11. The zero-order valence-corrected chi connectivity index (χ0v) is 14.4. The molecular weight excluding hydrogens is 322 g/mol. The maximum atomic E-state index is 12.2. The van der Waals surface area contributed by atoms with E-state index in [1.807, 2.05) is 18.2 Å². The number of aromatic nitrogens is 2. The van der Waals surface area contributed by atoms with Crippen molar-refractivity contribution < 1.29 is 18.8 Å². The van der Waals surface area contributed by atoms with Gasteiger partial charge in [0.15, 0.2) is 5.76 Å². The molecule has 7 heteroatoms. The second kappa shape index (κ2) is 8.73. The average Bonchev–Trinajstić information content (AvgIpc) is 3.12. The van der Waals surface area contributed by atoms with Crippen LogP contribution in [-0.4, -0.2) is 53.9 Å². The topological polar surface area (TPSA) is 77.7 Å². The summed E-state index contributed by atoms with van der Waals surface area (Å²) in [7, 11) is 1.72. The van der Waals surface area contributed by atoms with Crippen LogP contribution in [0.15, 0.2) is 35.1 Å². The Hall–Kier alpha value is -2.25. The molecule has 2 aromatic rings. The van der Waals surface area contributed by atoms with Crippen LogP contribution in [0.4, 0.5) is 0 Å². The molecule has 25 heavy (non-hydrogen) atoms. The molecule has 0 bridgehead atoms. The van der Waals surface area contributed by atoms with E-state index in [-0.39, 0.29) is 18.6 Å². The highest BCUT2D eigenvalue weighted by molar-refractivity contribution is 5.77. The molecule has 1 aliphatic heterocycles. The van der Waals surface area contributed by atoms with Crippen molar-refractivity contribution in [3.8, 4) is 11.3 Å². The van der Waals surface area contributed by atoms with Gasteiger partial charge < -0.3 is 18.9 Å². The van der Waals surface area contributed by atoms with Crippen molar-refractivity contribution in [1.82, 2.24) is 15.0 Å². The number of nitrogens with zero attached hydrogens (tertiary/aromatic N) is 3. The van der Waals surface area contributed by atoms with Crippen LogP contribution >= 0.6 is 0 Å². The van der Waals surface area contributed by atoms with Crippen LogP contribution in [0, 0.1) is 0 Å². The molecule has 1 amide bonds. The van der Waals surface area contributed by atoms with Crippen molar-refractivity contribution in [2.45, 2.75) is 31.9 Å². The Bertz CT molecular complexity index is 668. The van der Waals surface area contributed by atoms with Crippen molar-refractivity contribution in [2.75, 3.05) is 26.9 Å². The molecule has 1 fully saturated rings. The molecule has 1 unspecified atom stereocenters. The van der Waals surface area contributed by atoms with Crippen LogP contribution in [0.3, 0.4) is 0 Å². The Morgan fingerprint density at radius 2 is 2.36 bits per heavy atom. The summed E-state index contributed by atoms with van der Waals surface area (Å²) in [6.45, 7) is 1.63. The number of hydrogen-bond acceptors (Lipinski definition) is 6. The molecule has 134 valence electrons. The van der Waals surface area contributed by atoms with Gasteiger partial charge in [-0.3, -0.25) is 9.78 Å². The lowest BCUT2D eigenvalue weighted by atomic mass is 10.1. The minimum Gasteiger partial charge on any atom is -0.376 e. The summed E-state index contributed by atoms with van der Waals surface area (Å²) in [4.78, 5) is 17.8. The molecule has 2 aromatic heterocycles. The average molecular weight is 345 g/mol. The molecule has 1 saturated heterocycles. The quantitative estimate of drug-likeness (QED) is 0.766. The first-order valence-corrected chi connectivity index (χ1v) is 8.51. The van der Waals surface area contributed by atoms with E-state index in [0.717, 1.165) is 31.4 Å². The van der Waals surface area contributed by atoms with E-state index in [4.69, 9.17) is 14.0 Å². The van der Waals surface area contributed by atoms with Crippen molar-refractivity contribution >= 4 is 5.91 Å². The van der Waals surface area contributed by atoms with Gasteiger partial charge in [0.05, 0.1) is 19.3 Å². The highest BCUT2D eigenvalue weighted by atomic mass is 16.5. The summed E-state index contributed by atoms with van der Waals surface area (Å²) in [6.07, 6.45) is 6.80. The Kier molecular flexibility index (Phi) is 6.14. The first-order chi connectivity index (χ1) is 12.2. The molecule has 0 spiro atoms. The molecule has 1 atom stereocenters. The highest BCUT2D eigenvalue weighted by Gasteiger charge is 2.17. The maximum Gasteiger partial charge on any atom is 0.248 e. The summed E-state index contributed by atoms with van der Waals surface area (Å²) < 4.78 is 16.4. The molecule has 1 aliphatic rings. The molecule has 0 aliphatic carbocycles. The predicted octanol–water partition coefficient (Wildman–Crippen LogP) is 2.28. The fourth-order valence-electron chi connectivity index (χ4n) is 2.69. The summed E-state index contributed by atoms with van der Waals surface area (Å²) in [6, 6.07) is 5.56. The SMILES string of the molecule is CN(Cc1cc(-c2cccnc2)no1)C(=O)COCC1CCCCO1. The number of hydrogen-bond donors (Lipinski definition) is 0. The Morgan fingerprint density at radius 1 is 1.44 bits per heavy atom. The van der Waals surface area contributed by atoms with Crippen LogP contribution in [-0.2, 0) is 20.8 Å². The third-order valence-corrected chi connectivity index (χ3v) is 4.14. The predicted molar refractivity (Wildman–Crippen MR) is 90.6 cm³/mol. The fourth-order valence-corrected chi connectivity index (χ4v) is 2.69. The molecule has 3 rings (SSSR count). The smallest absolute Gasteiger partial charge is 0.248 e. The zero-order chi connectivity index (χ0) is 17.5. The van der Waals surface area contributed by atoms with E-state index in [0.29, 0.717) is 24.6 Å². The van der Waals surface area contributed by atoms with E-state index >= 15 is 0 Å². The lowest BCUT2D eigenvalue weighted by Crippen LogP contribution is -2.32. The summed E-state index contributed by atoms with van der Waals surface area (Å²) in [5.74, 6) is 0.514. The van der Waals surface area contributed by atoms with Gasteiger partial charge in [-0.15, -0.1) is 0 Å². The van der Waals surface area contributed by atoms with E-state index < -0.39 is 0 Å². The second-order valence-electron chi connectivity index (χ2n) is 6.17. The van der Waals surface area contributed by atoms with Crippen LogP contribution in [0.25, 0.3) is 11.3 Å². The van der Waals surface area contributed by atoms with E-state index in [1.165, 1.54) is 0 Å². The van der Waals surface area contributed by atoms with Crippen LogP contribution in [0.5, 0.6) is 0 Å². The number of amides is 1. The van der Waals surface area contributed by atoms with Gasteiger partial charge in [-0.1, -0.05) is 5.16 Å². The monoisotopic (exact) mass is 345 g/mol.